The zero-order valence-electron chi connectivity index (χ0n) is 21.3. The zero-order chi connectivity index (χ0) is 26.7. The molecule has 4 nitrogen and oxygen atoms in total. The highest BCUT2D eigenvalue weighted by Gasteiger charge is 2.09. The first kappa shape index (κ1) is 27.6. The van der Waals surface area contributed by atoms with E-state index in [9.17, 15) is 10.1 Å². The molecule has 0 amide bonds. The fourth-order valence-electron chi connectivity index (χ4n) is 3.67. The van der Waals surface area contributed by atoms with Crippen molar-refractivity contribution in [3.05, 3.63) is 88.6 Å². The molecule has 0 aliphatic rings. The number of nitrogens with zero attached hydrogens (tertiary/aromatic N) is 1. The third kappa shape index (κ3) is 7.78. The number of rotatable bonds is 13. The number of hydrogen-bond donors (Lipinski definition) is 0. The van der Waals surface area contributed by atoms with E-state index in [0.717, 1.165) is 41.9 Å². The van der Waals surface area contributed by atoms with Crippen molar-refractivity contribution in [2.45, 2.75) is 32.6 Å². The summed E-state index contributed by atoms with van der Waals surface area (Å²) in [7, 11) is 0. The first-order valence-corrected chi connectivity index (χ1v) is 15.0. The van der Waals surface area contributed by atoms with Crippen LogP contribution < -0.4 is 4.74 Å². The van der Waals surface area contributed by atoms with Crippen molar-refractivity contribution >= 4 is 51.6 Å². The molecule has 0 spiro atoms. The van der Waals surface area contributed by atoms with Crippen LogP contribution in [0.2, 0.25) is 0 Å². The Bertz CT molecular complexity index is 1420. The van der Waals surface area contributed by atoms with Crippen LogP contribution in [0.5, 0.6) is 5.75 Å². The third-order valence-corrected chi connectivity index (χ3v) is 9.08. The van der Waals surface area contributed by atoms with Crippen LogP contribution in [0.1, 0.15) is 43.0 Å². The van der Waals surface area contributed by atoms with Crippen LogP contribution in [0.15, 0.2) is 78.2 Å². The summed E-state index contributed by atoms with van der Waals surface area (Å²) >= 11 is 5.24. The number of hydrogen-bond acceptors (Lipinski definition) is 7. The number of unbranched alkanes of at least 4 members (excludes halogenated alkanes) is 3. The van der Waals surface area contributed by atoms with Gasteiger partial charge in [0.15, 0.2) is 0 Å². The normalized spacial score (nSPS) is 11.2. The smallest absolute Gasteiger partial charge is 0.333 e. The van der Waals surface area contributed by atoms with Crippen LogP contribution in [-0.4, -0.2) is 19.2 Å². The molecule has 0 aliphatic heterocycles. The summed E-state index contributed by atoms with van der Waals surface area (Å²) in [6, 6.07) is 22.8. The topological polar surface area (TPSA) is 59.3 Å². The molecule has 7 heteroatoms. The zero-order valence-corrected chi connectivity index (χ0v) is 23.7. The maximum atomic E-state index is 11.3. The summed E-state index contributed by atoms with van der Waals surface area (Å²) < 4.78 is 11.0. The predicted molar refractivity (Wildman–Crippen MR) is 161 cm³/mol. The summed E-state index contributed by atoms with van der Waals surface area (Å²) in [5.41, 5.74) is 1.93. The van der Waals surface area contributed by atoms with E-state index in [4.69, 9.17) is 9.47 Å². The van der Waals surface area contributed by atoms with E-state index in [1.54, 1.807) is 40.9 Å². The van der Waals surface area contributed by atoms with E-state index in [1.165, 1.54) is 19.5 Å². The number of carbonyl (C=O) groups excluding carboxylic acids is 1. The Morgan fingerprint density at radius 3 is 2.26 bits per heavy atom. The van der Waals surface area contributed by atoms with Gasteiger partial charge in [-0.25, -0.2) is 4.79 Å². The van der Waals surface area contributed by atoms with E-state index in [-0.39, 0.29) is 5.97 Å². The van der Waals surface area contributed by atoms with E-state index in [1.807, 2.05) is 30.3 Å². The highest BCUT2D eigenvalue weighted by Crippen LogP contribution is 2.39. The molecule has 0 bridgehead atoms. The summed E-state index contributed by atoms with van der Waals surface area (Å²) in [4.78, 5) is 17.4. The van der Waals surface area contributed by atoms with E-state index in [2.05, 4.69) is 54.4 Å². The van der Waals surface area contributed by atoms with Gasteiger partial charge in [0, 0.05) is 30.0 Å². The van der Waals surface area contributed by atoms with Gasteiger partial charge in [0.1, 0.15) is 5.75 Å². The van der Waals surface area contributed by atoms with E-state index < -0.39 is 0 Å². The maximum Gasteiger partial charge on any atom is 0.333 e. The van der Waals surface area contributed by atoms with Gasteiger partial charge in [-0.1, -0.05) is 12.6 Å². The van der Waals surface area contributed by atoms with Crippen LogP contribution in [0.4, 0.5) is 0 Å². The quantitative estimate of drug-likeness (QED) is 0.0709. The number of nitriles is 1. The fourth-order valence-corrected chi connectivity index (χ4v) is 6.56. The molecule has 0 N–H and O–H groups in total. The summed E-state index contributed by atoms with van der Waals surface area (Å²) in [6.07, 6.45) is 5.71. The average Bonchev–Trinajstić information content (AvgIpc) is 3.71. The Morgan fingerprint density at radius 2 is 1.58 bits per heavy atom. The second kappa shape index (κ2) is 13.9. The summed E-state index contributed by atoms with van der Waals surface area (Å²) in [5, 5.41) is 11.9. The number of allylic oxidation sites excluding steroid dienone is 1. The van der Waals surface area contributed by atoms with Crippen LogP contribution in [0.25, 0.3) is 31.2 Å². The second-order valence-corrected chi connectivity index (χ2v) is 11.9. The lowest BCUT2D eigenvalue weighted by atomic mass is 10.1. The van der Waals surface area contributed by atoms with Crippen molar-refractivity contribution in [1.82, 2.24) is 0 Å². The van der Waals surface area contributed by atoms with Crippen molar-refractivity contribution in [3.8, 4) is 31.3 Å². The van der Waals surface area contributed by atoms with Crippen LogP contribution in [0, 0.1) is 11.3 Å². The first-order chi connectivity index (χ1) is 18.5. The van der Waals surface area contributed by atoms with Gasteiger partial charge in [0.05, 0.1) is 24.9 Å². The first-order valence-electron chi connectivity index (χ1n) is 12.4. The third-order valence-electron chi connectivity index (χ3n) is 5.70. The number of esters is 1. The van der Waals surface area contributed by atoms with Gasteiger partial charge in [-0.05, 0) is 104 Å². The standard InChI is InChI=1S/C31H29NO3S3/c1-22(2)31(33)35-18-6-4-3-5-17-34-25-11-9-23(10-12-25)24(21-32)20-26-13-14-29(37-26)30-16-15-28(38-30)27-8-7-19-36-27/h7-16,19-20H,1,3-6,17-18H2,2H3/b24-20+. The van der Waals surface area contributed by atoms with Crippen molar-refractivity contribution in [1.29, 1.82) is 5.26 Å². The molecular formula is C31H29NO3S3. The highest BCUT2D eigenvalue weighted by atomic mass is 32.1. The van der Waals surface area contributed by atoms with Crippen molar-refractivity contribution < 1.29 is 14.3 Å². The van der Waals surface area contributed by atoms with Crippen LogP contribution in [0.3, 0.4) is 0 Å². The molecule has 0 aliphatic carbocycles. The number of carbonyl (C=O) groups is 1. The molecule has 0 unspecified atom stereocenters. The highest BCUT2D eigenvalue weighted by molar-refractivity contribution is 7.26. The van der Waals surface area contributed by atoms with Gasteiger partial charge in [0.2, 0.25) is 0 Å². The molecule has 0 saturated carbocycles. The number of benzene rings is 1. The lowest BCUT2D eigenvalue weighted by Gasteiger charge is -2.07. The van der Waals surface area contributed by atoms with Gasteiger partial charge in [0.25, 0.3) is 0 Å². The SMILES string of the molecule is C=C(C)C(=O)OCCCCCCOc1ccc(/C(C#N)=C/c2ccc(-c3ccc(-c4cccs4)s3)s2)cc1. The van der Waals surface area contributed by atoms with Gasteiger partial charge >= 0.3 is 5.97 Å². The number of ether oxygens (including phenoxy) is 2. The molecule has 3 heterocycles. The van der Waals surface area contributed by atoms with Crippen LogP contribution in [-0.2, 0) is 9.53 Å². The Morgan fingerprint density at radius 1 is 0.895 bits per heavy atom. The van der Waals surface area contributed by atoms with E-state index in [0.29, 0.717) is 24.4 Å². The lowest BCUT2D eigenvalue weighted by Crippen LogP contribution is -2.06. The maximum absolute atomic E-state index is 11.3. The molecule has 3 aromatic heterocycles. The summed E-state index contributed by atoms with van der Waals surface area (Å²) in [5.74, 6) is 0.465. The Kier molecular flexibility index (Phi) is 10.1. The second-order valence-electron chi connectivity index (χ2n) is 8.72. The van der Waals surface area contributed by atoms with E-state index >= 15 is 0 Å². The Labute approximate surface area is 236 Å². The molecule has 0 fully saturated rings. The van der Waals surface area contributed by atoms with Gasteiger partial charge in [-0.15, -0.1) is 34.0 Å². The minimum atomic E-state index is -0.326. The monoisotopic (exact) mass is 559 g/mol. The van der Waals surface area contributed by atoms with Gasteiger partial charge in [-0.3, -0.25) is 0 Å². The lowest BCUT2D eigenvalue weighted by molar-refractivity contribution is -0.139. The molecule has 0 radical (unpaired) electrons. The van der Waals surface area contributed by atoms with Crippen molar-refractivity contribution in [2.24, 2.45) is 0 Å². The van der Waals surface area contributed by atoms with Crippen molar-refractivity contribution in [3.63, 3.8) is 0 Å². The molecule has 4 aromatic rings. The van der Waals surface area contributed by atoms with Gasteiger partial charge < -0.3 is 9.47 Å². The number of thiophene rings is 3. The average molecular weight is 560 g/mol. The predicted octanol–water partition coefficient (Wildman–Crippen LogP) is 9.33. The molecular weight excluding hydrogens is 531 g/mol. The molecule has 38 heavy (non-hydrogen) atoms. The molecule has 1 aromatic carbocycles. The largest absolute Gasteiger partial charge is 0.494 e. The minimum Gasteiger partial charge on any atom is -0.494 e. The molecule has 194 valence electrons. The van der Waals surface area contributed by atoms with Gasteiger partial charge in [-0.2, -0.15) is 5.26 Å². The van der Waals surface area contributed by atoms with Crippen LogP contribution >= 0.6 is 34.0 Å². The Hall–Kier alpha value is -3.44. The molecule has 0 saturated heterocycles. The minimum absolute atomic E-state index is 0.326. The summed E-state index contributed by atoms with van der Waals surface area (Å²) in [6.45, 7) is 6.28. The molecule has 4 rings (SSSR count). The molecule has 0 atom stereocenters. The van der Waals surface area contributed by atoms with Crippen molar-refractivity contribution in [2.75, 3.05) is 13.2 Å². The fraction of sp³-hybridized carbons (Fsp3) is 0.226. The Balaban J connectivity index is 1.25.